The van der Waals surface area contributed by atoms with Gasteiger partial charge >= 0.3 is 5.97 Å². The zero-order valence-electron chi connectivity index (χ0n) is 10.1. The molecule has 0 saturated heterocycles. The van der Waals surface area contributed by atoms with Crippen LogP contribution in [0.5, 0.6) is 0 Å². The van der Waals surface area contributed by atoms with Gasteiger partial charge in [-0.1, -0.05) is 0 Å². The van der Waals surface area contributed by atoms with Crippen molar-refractivity contribution in [2.75, 3.05) is 32.7 Å². The van der Waals surface area contributed by atoms with Gasteiger partial charge in [0.05, 0.1) is 19.8 Å². The Morgan fingerprint density at radius 3 is 2.56 bits per heavy atom. The molecule has 0 aliphatic carbocycles. The summed E-state index contributed by atoms with van der Waals surface area (Å²) in [5, 5.41) is 8.80. The molecule has 3 N–H and O–H groups in total. The molecule has 1 atom stereocenters. The van der Waals surface area contributed by atoms with Crippen LogP contribution in [-0.2, 0) is 14.3 Å². The zero-order chi connectivity index (χ0) is 12.6. The first kappa shape index (κ1) is 15.7. The second-order valence-corrected chi connectivity index (χ2v) is 5.62. The van der Waals surface area contributed by atoms with Crippen molar-refractivity contribution in [3.8, 4) is 0 Å². The van der Waals surface area contributed by atoms with Crippen LogP contribution in [0, 0.1) is 0 Å². The van der Waals surface area contributed by atoms with Gasteiger partial charge in [0.15, 0.2) is 0 Å². The number of carbonyl (C=O) groups is 1. The molecule has 0 aromatic heterocycles. The van der Waals surface area contributed by atoms with Crippen LogP contribution >= 0.6 is 11.8 Å². The number of thioether (sulfide) groups is 1. The lowest BCUT2D eigenvalue weighted by atomic mass is 10.1. The third-order valence-corrected chi connectivity index (χ3v) is 3.52. The first-order chi connectivity index (χ1) is 7.41. The number of ether oxygens (including phenoxy) is 2. The van der Waals surface area contributed by atoms with E-state index in [0.29, 0.717) is 19.8 Å². The Labute approximate surface area is 101 Å². The lowest BCUT2D eigenvalue weighted by Crippen LogP contribution is -2.47. The van der Waals surface area contributed by atoms with Gasteiger partial charge in [-0.15, -0.1) is 0 Å². The van der Waals surface area contributed by atoms with E-state index in [1.165, 1.54) is 11.8 Å². The molecule has 6 heteroatoms. The van der Waals surface area contributed by atoms with Crippen LogP contribution < -0.4 is 5.73 Å². The highest BCUT2D eigenvalue weighted by molar-refractivity contribution is 8.00. The van der Waals surface area contributed by atoms with E-state index in [1.807, 2.05) is 13.8 Å². The van der Waals surface area contributed by atoms with Crippen LogP contribution in [0.4, 0.5) is 0 Å². The molecule has 0 heterocycles. The van der Waals surface area contributed by atoms with Crippen LogP contribution in [0.15, 0.2) is 0 Å². The van der Waals surface area contributed by atoms with Gasteiger partial charge in [0, 0.05) is 17.6 Å². The van der Waals surface area contributed by atoms with Crippen LogP contribution in [0.2, 0.25) is 0 Å². The van der Waals surface area contributed by atoms with Crippen molar-refractivity contribution in [3.63, 3.8) is 0 Å². The predicted octanol–water partition coefficient (Wildman–Crippen LogP) is 0.573. The molecule has 0 aromatic rings. The number of aliphatic carboxylic acids is 1. The van der Waals surface area contributed by atoms with Crippen LogP contribution in [-0.4, -0.2) is 54.5 Å². The largest absolute Gasteiger partial charge is 0.480 e. The minimum absolute atomic E-state index is 0.490. The molecule has 0 amide bonds. The highest BCUT2D eigenvalue weighted by Crippen LogP contribution is 2.27. The van der Waals surface area contributed by atoms with Gasteiger partial charge in [-0.3, -0.25) is 4.79 Å². The Morgan fingerprint density at radius 1 is 1.44 bits per heavy atom. The van der Waals surface area contributed by atoms with E-state index in [1.54, 1.807) is 7.11 Å². The smallest absolute Gasteiger partial charge is 0.321 e. The van der Waals surface area contributed by atoms with Crippen molar-refractivity contribution in [1.29, 1.82) is 0 Å². The van der Waals surface area contributed by atoms with Gasteiger partial charge in [0.25, 0.3) is 0 Å². The molecule has 16 heavy (non-hydrogen) atoms. The van der Waals surface area contributed by atoms with Crippen molar-refractivity contribution in [3.05, 3.63) is 0 Å². The van der Waals surface area contributed by atoms with E-state index in [9.17, 15) is 4.79 Å². The summed E-state index contributed by atoms with van der Waals surface area (Å²) >= 11 is 1.50. The minimum Gasteiger partial charge on any atom is -0.480 e. The van der Waals surface area contributed by atoms with Crippen LogP contribution in [0.25, 0.3) is 0 Å². The first-order valence-electron chi connectivity index (χ1n) is 5.11. The van der Waals surface area contributed by atoms with E-state index in [0.717, 1.165) is 5.75 Å². The molecule has 96 valence electrons. The zero-order valence-corrected chi connectivity index (χ0v) is 10.9. The molecule has 5 nitrogen and oxygen atoms in total. The lowest BCUT2D eigenvalue weighted by molar-refractivity contribution is -0.139. The van der Waals surface area contributed by atoms with E-state index in [-0.39, 0.29) is 0 Å². The molecule has 0 aliphatic heterocycles. The number of carboxylic acid groups (broad SMARTS) is 1. The van der Waals surface area contributed by atoms with Gasteiger partial charge < -0.3 is 20.3 Å². The summed E-state index contributed by atoms with van der Waals surface area (Å²) in [6.07, 6.45) is 0. The van der Waals surface area contributed by atoms with Crippen molar-refractivity contribution >= 4 is 17.7 Å². The number of hydrogen-bond acceptors (Lipinski definition) is 5. The molecule has 0 saturated carbocycles. The number of rotatable bonds is 9. The second-order valence-electron chi connectivity index (χ2n) is 3.87. The third-order valence-electron chi connectivity index (χ3n) is 2.15. The monoisotopic (exact) mass is 251 g/mol. The molecule has 0 aromatic carbocycles. The van der Waals surface area contributed by atoms with Crippen molar-refractivity contribution in [2.45, 2.75) is 24.6 Å². The summed E-state index contributed by atoms with van der Waals surface area (Å²) in [5.74, 6) is -0.254. The SMILES string of the molecule is COCCOCCSC(C)(C)[C@@H](N)C(=O)O. The number of carboxylic acids is 1. The standard InChI is InChI=1S/C10H21NO4S/c1-10(2,8(11)9(12)13)16-7-6-15-5-4-14-3/h8H,4-7,11H2,1-3H3,(H,12,13)/t8-/m0/s1. The lowest BCUT2D eigenvalue weighted by Gasteiger charge is -2.27. The Kier molecular flexibility index (Phi) is 7.74. The van der Waals surface area contributed by atoms with Crippen molar-refractivity contribution < 1.29 is 19.4 Å². The quantitative estimate of drug-likeness (QED) is 0.583. The molecule has 0 fully saturated rings. The Morgan fingerprint density at radius 2 is 2.06 bits per heavy atom. The maximum atomic E-state index is 10.7. The highest BCUT2D eigenvalue weighted by atomic mass is 32.2. The van der Waals surface area contributed by atoms with Gasteiger partial charge in [-0.25, -0.2) is 0 Å². The first-order valence-corrected chi connectivity index (χ1v) is 6.09. The summed E-state index contributed by atoms with van der Waals surface area (Å²) in [6, 6.07) is -0.864. The van der Waals surface area contributed by atoms with Crippen molar-refractivity contribution in [1.82, 2.24) is 0 Å². The molecular weight excluding hydrogens is 230 g/mol. The summed E-state index contributed by atoms with van der Waals surface area (Å²) in [4.78, 5) is 10.7. The van der Waals surface area contributed by atoms with E-state index in [2.05, 4.69) is 0 Å². The molecule has 0 unspecified atom stereocenters. The number of nitrogens with two attached hydrogens (primary N) is 1. The highest BCUT2D eigenvalue weighted by Gasteiger charge is 2.32. The summed E-state index contributed by atoms with van der Waals surface area (Å²) < 4.78 is 9.62. The second kappa shape index (κ2) is 7.89. The molecule has 0 bridgehead atoms. The fourth-order valence-corrected chi connectivity index (χ4v) is 2.00. The van der Waals surface area contributed by atoms with E-state index < -0.39 is 16.8 Å². The van der Waals surface area contributed by atoms with Crippen molar-refractivity contribution in [2.24, 2.45) is 5.73 Å². The van der Waals surface area contributed by atoms with E-state index >= 15 is 0 Å². The predicted molar refractivity (Wildman–Crippen MR) is 64.8 cm³/mol. The van der Waals surface area contributed by atoms with Gasteiger partial charge in [0.2, 0.25) is 0 Å². The fraction of sp³-hybridized carbons (Fsp3) is 0.900. The maximum Gasteiger partial charge on any atom is 0.321 e. The Balaban J connectivity index is 3.70. The molecular formula is C10H21NO4S. The Hall–Kier alpha value is -0.300. The average molecular weight is 251 g/mol. The van der Waals surface area contributed by atoms with Gasteiger partial charge in [0.1, 0.15) is 6.04 Å². The fourth-order valence-electron chi connectivity index (χ4n) is 0.995. The maximum absolute atomic E-state index is 10.7. The third kappa shape index (κ3) is 6.32. The summed E-state index contributed by atoms with van der Waals surface area (Å²) in [5.41, 5.74) is 5.58. The number of methoxy groups -OCH3 is 1. The van der Waals surface area contributed by atoms with Crippen LogP contribution in [0.1, 0.15) is 13.8 Å². The number of hydrogen-bond donors (Lipinski definition) is 2. The van der Waals surface area contributed by atoms with E-state index in [4.69, 9.17) is 20.3 Å². The normalized spacial score (nSPS) is 13.8. The minimum atomic E-state index is -0.974. The Bertz CT molecular complexity index is 211. The summed E-state index contributed by atoms with van der Waals surface area (Å²) in [7, 11) is 1.62. The van der Waals surface area contributed by atoms with Gasteiger partial charge in [-0.05, 0) is 13.8 Å². The molecule has 0 aliphatic rings. The van der Waals surface area contributed by atoms with Gasteiger partial charge in [-0.2, -0.15) is 11.8 Å². The topological polar surface area (TPSA) is 81.8 Å². The molecule has 0 spiro atoms. The molecule has 0 radical (unpaired) electrons. The summed E-state index contributed by atoms with van der Waals surface area (Å²) in [6.45, 7) is 5.35. The van der Waals surface area contributed by atoms with Crippen LogP contribution in [0.3, 0.4) is 0 Å². The molecule has 0 rings (SSSR count). The average Bonchev–Trinajstić information content (AvgIpc) is 2.22.